The zero-order valence-corrected chi connectivity index (χ0v) is 22.8. The maximum atomic E-state index is 13.9. The minimum Gasteiger partial charge on any atom is -0.373 e. The van der Waals surface area contributed by atoms with Gasteiger partial charge in [-0.05, 0) is 100 Å². The molecule has 0 radical (unpaired) electrons. The molecule has 4 aliphatic rings. The van der Waals surface area contributed by atoms with Crippen LogP contribution >= 0.6 is 0 Å². The molecule has 2 unspecified atom stereocenters. The molecule has 7 rings (SSSR count). The smallest absolute Gasteiger partial charge is 0.173 e. The van der Waals surface area contributed by atoms with Crippen LogP contribution in [0.25, 0.3) is 17.8 Å². The number of H-pyrrole nitrogens is 1. The van der Waals surface area contributed by atoms with Crippen molar-refractivity contribution in [1.82, 2.24) is 24.8 Å². The molecule has 198 valence electrons. The predicted octanol–water partition coefficient (Wildman–Crippen LogP) is 3.12. The number of allylic oxidation sites excluding steroid dienone is 4. The van der Waals surface area contributed by atoms with Gasteiger partial charge < -0.3 is 14.9 Å². The Kier molecular flexibility index (Phi) is 5.04. The van der Waals surface area contributed by atoms with Gasteiger partial charge in [0, 0.05) is 35.0 Å². The molecule has 3 aromatic rings. The van der Waals surface area contributed by atoms with Gasteiger partial charge in [-0.1, -0.05) is 0 Å². The molecule has 1 fully saturated rings. The van der Waals surface area contributed by atoms with E-state index in [0.717, 1.165) is 50.5 Å². The first-order valence-electron chi connectivity index (χ1n) is 13.3. The molecule has 8 nitrogen and oxygen atoms in total. The van der Waals surface area contributed by atoms with Gasteiger partial charge in [-0.2, -0.15) is 0 Å². The maximum absolute atomic E-state index is 13.9. The van der Waals surface area contributed by atoms with E-state index in [0.29, 0.717) is 0 Å². The number of aryl methyl sites for hydroxylation is 1. The molecule has 2 N–H and O–H groups in total. The molecule has 4 aliphatic heterocycles. The Labute approximate surface area is 231 Å². The zero-order chi connectivity index (χ0) is 27.7. The topological polar surface area (TPSA) is 100 Å². The lowest BCUT2D eigenvalue weighted by Gasteiger charge is -2.24. The van der Waals surface area contributed by atoms with Gasteiger partial charge in [-0.3, -0.25) is 14.8 Å². The summed E-state index contributed by atoms with van der Waals surface area (Å²) in [6.45, 7) is 7.86. The number of aromatic amines is 1. The number of nitrogens with zero attached hydrogens (tertiary/aromatic N) is 5. The van der Waals surface area contributed by atoms with Gasteiger partial charge in [0.1, 0.15) is 11.1 Å². The van der Waals surface area contributed by atoms with Gasteiger partial charge >= 0.3 is 0 Å². The van der Waals surface area contributed by atoms with Crippen LogP contribution in [0.15, 0.2) is 101 Å². The summed E-state index contributed by atoms with van der Waals surface area (Å²) in [6.07, 6.45) is 23.4. The van der Waals surface area contributed by atoms with Crippen LogP contribution in [0.2, 0.25) is 0 Å². The highest BCUT2D eigenvalue weighted by molar-refractivity contribution is 6.20. The fourth-order valence-corrected chi connectivity index (χ4v) is 5.87. The van der Waals surface area contributed by atoms with Gasteiger partial charge in [0.05, 0.1) is 40.2 Å². The van der Waals surface area contributed by atoms with Crippen LogP contribution in [0.5, 0.6) is 0 Å². The molecule has 40 heavy (non-hydrogen) atoms. The van der Waals surface area contributed by atoms with E-state index in [1.165, 1.54) is 0 Å². The lowest BCUT2D eigenvalue weighted by molar-refractivity contribution is -0.126. The van der Waals surface area contributed by atoms with E-state index >= 15 is 0 Å². The number of fused-ring (bicyclic) bond motifs is 6. The second-order valence-electron chi connectivity index (χ2n) is 11.5. The Hall–Kier alpha value is -4.85. The van der Waals surface area contributed by atoms with Gasteiger partial charge in [0.2, 0.25) is 0 Å². The summed E-state index contributed by atoms with van der Waals surface area (Å²) in [5, 5.41) is 5.43. The monoisotopic (exact) mass is 527 g/mol. The van der Waals surface area contributed by atoms with Crippen LogP contribution in [0.1, 0.15) is 32.0 Å². The van der Waals surface area contributed by atoms with E-state index in [2.05, 4.69) is 27.4 Å². The molecule has 3 aromatic heterocycles. The number of hydrogen-bond donors (Lipinski definition) is 2. The van der Waals surface area contributed by atoms with E-state index in [-0.39, 0.29) is 5.78 Å². The molecule has 0 spiro atoms. The summed E-state index contributed by atoms with van der Waals surface area (Å²) in [7, 11) is 0. The first-order valence-corrected chi connectivity index (χ1v) is 13.3. The van der Waals surface area contributed by atoms with Crippen LogP contribution in [-0.2, 0) is 10.3 Å². The molecule has 0 saturated carbocycles. The van der Waals surface area contributed by atoms with E-state index in [1.807, 2.05) is 99.3 Å². The fourth-order valence-electron chi connectivity index (χ4n) is 5.87. The number of hydrogen-bond acceptors (Lipinski definition) is 6. The number of rotatable bonds is 2. The normalized spacial score (nSPS) is 25.9. The number of ketones is 1. The average Bonchev–Trinajstić information content (AvgIpc) is 3.73. The highest BCUT2D eigenvalue weighted by atomic mass is 16.1. The van der Waals surface area contributed by atoms with Gasteiger partial charge in [0.15, 0.2) is 5.78 Å². The van der Waals surface area contributed by atoms with Gasteiger partial charge in [0.25, 0.3) is 0 Å². The van der Waals surface area contributed by atoms with Crippen molar-refractivity contribution in [2.75, 3.05) is 0 Å². The average molecular weight is 528 g/mol. The van der Waals surface area contributed by atoms with Crippen LogP contribution in [0.4, 0.5) is 0 Å². The third-order valence-electron chi connectivity index (χ3n) is 8.01. The third-order valence-corrected chi connectivity index (χ3v) is 8.01. The Bertz CT molecular complexity index is 1910. The zero-order valence-electron chi connectivity index (χ0n) is 22.8. The largest absolute Gasteiger partial charge is 0.373 e. The highest BCUT2D eigenvalue weighted by Crippen LogP contribution is 2.44. The molecular weight excluding hydrogens is 498 g/mol. The second kappa shape index (κ2) is 8.32. The number of pyridine rings is 1. The van der Waals surface area contributed by atoms with Gasteiger partial charge in [-0.25, -0.2) is 9.98 Å². The summed E-state index contributed by atoms with van der Waals surface area (Å²) >= 11 is 0. The Morgan fingerprint density at radius 1 is 0.950 bits per heavy atom. The second-order valence-corrected chi connectivity index (χ2v) is 11.5. The van der Waals surface area contributed by atoms with Gasteiger partial charge in [-0.15, -0.1) is 0 Å². The molecule has 8 heteroatoms. The number of imidazole rings is 1. The summed E-state index contributed by atoms with van der Waals surface area (Å²) in [5.41, 5.74) is 3.35. The lowest BCUT2D eigenvalue weighted by atomic mass is 9.79. The first kappa shape index (κ1) is 24.2. The first-order chi connectivity index (χ1) is 19.1. The van der Waals surface area contributed by atoms with Crippen molar-refractivity contribution in [3.63, 3.8) is 0 Å². The van der Waals surface area contributed by atoms with E-state index in [4.69, 9.17) is 15.0 Å². The molecule has 0 aliphatic carbocycles. The summed E-state index contributed by atoms with van der Waals surface area (Å²) in [4.78, 5) is 36.3. The van der Waals surface area contributed by atoms with Crippen LogP contribution < -0.4 is 16.0 Å². The molecule has 8 bridgehead atoms. The number of carbonyl (C=O) groups excluding carboxylic acids is 1. The Balaban J connectivity index is 1.45. The molecule has 0 aromatic carbocycles. The summed E-state index contributed by atoms with van der Waals surface area (Å²) < 4.78 is 1.99. The van der Waals surface area contributed by atoms with E-state index in [1.54, 1.807) is 12.5 Å². The van der Waals surface area contributed by atoms with Crippen molar-refractivity contribution in [2.45, 2.75) is 38.8 Å². The number of Topliss-reactive ketones (excluding diaryl/α,β-unsaturated/α-hetero) is 1. The van der Waals surface area contributed by atoms with Crippen molar-refractivity contribution >= 4 is 29.4 Å². The van der Waals surface area contributed by atoms with Crippen LogP contribution in [0.3, 0.4) is 0 Å². The standard InChI is InChI=1S/C32H29N7O/c1-20-17-33-12-10-26(20)39-18-28(34-19-39)32-11-9-24(37-32)14-23-6-5-21(35-23)13-22-7-8-25(36-22)15-31(4)29(40)30(2,3)27(16-32)38-31/h5-19,35,38H,1-4H3. The molecule has 7 heterocycles. The lowest BCUT2D eigenvalue weighted by Crippen LogP contribution is -2.41. The number of nitrogens with one attached hydrogen (secondary N) is 2. The minimum absolute atomic E-state index is 0.0727. The Morgan fingerprint density at radius 3 is 2.55 bits per heavy atom. The quantitative estimate of drug-likeness (QED) is 0.535. The number of aromatic nitrogens is 4. The number of aliphatic imine (C=N–C) groups is 2. The summed E-state index contributed by atoms with van der Waals surface area (Å²) in [5.74, 6) is 0.0727. The fraction of sp³-hybridized carbons (Fsp3) is 0.219. The van der Waals surface area contributed by atoms with Crippen molar-refractivity contribution in [1.29, 1.82) is 0 Å². The van der Waals surface area contributed by atoms with Crippen LogP contribution in [0, 0.1) is 12.3 Å². The van der Waals surface area contributed by atoms with Crippen molar-refractivity contribution < 1.29 is 4.79 Å². The van der Waals surface area contributed by atoms with Crippen molar-refractivity contribution in [3.8, 4) is 5.69 Å². The predicted molar refractivity (Wildman–Crippen MR) is 156 cm³/mol. The molecule has 1 saturated heterocycles. The molecule has 2 atom stereocenters. The van der Waals surface area contributed by atoms with E-state index in [9.17, 15) is 4.79 Å². The van der Waals surface area contributed by atoms with Crippen molar-refractivity contribution in [2.24, 2.45) is 15.4 Å². The highest BCUT2D eigenvalue weighted by Gasteiger charge is 2.52. The number of carbonyl (C=O) groups is 1. The van der Waals surface area contributed by atoms with Crippen LogP contribution in [-0.4, -0.2) is 42.3 Å². The molecular formula is C32H29N7O. The third kappa shape index (κ3) is 3.78. The molecule has 0 amide bonds. The van der Waals surface area contributed by atoms with E-state index < -0.39 is 16.5 Å². The maximum Gasteiger partial charge on any atom is 0.173 e. The SMILES string of the molecule is Cc1cnccc1-n1cnc(C23C=CC(=N2)C=c2ccc([nH]2)=CC2=NC(=CC4(C)NC(=C3)C(C)(C)C4=O)C=C2)c1. The minimum atomic E-state index is -0.930. The van der Waals surface area contributed by atoms with Crippen molar-refractivity contribution in [3.05, 3.63) is 113 Å². The summed E-state index contributed by atoms with van der Waals surface area (Å²) in [6, 6.07) is 6.02. The Morgan fingerprint density at radius 2 is 1.75 bits per heavy atom.